The fourth-order valence-corrected chi connectivity index (χ4v) is 7.62. The number of alkyl halides is 3. The number of ether oxygens (including phenoxy) is 1. The molecule has 1 fully saturated rings. The average molecular weight is 529 g/mol. The van der Waals surface area contributed by atoms with Crippen LogP contribution in [0.2, 0.25) is 0 Å². The summed E-state index contributed by atoms with van der Waals surface area (Å²) in [5, 5.41) is 0.177. The summed E-state index contributed by atoms with van der Waals surface area (Å²) in [6.07, 6.45) is -4.46. The Bertz CT molecular complexity index is 1230. The molecule has 37 heavy (non-hydrogen) atoms. The number of nitrogens with zero attached hydrogens (tertiary/aromatic N) is 2. The van der Waals surface area contributed by atoms with Crippen molar-refractivity contribution in [3.05, 3.63) is 108 Å². The lowest BCUT2D eigenvalue weighted by Crippen LogP contribution is -2.28. The molecule has 0 radical (unpaired) electrons. The van der Waals surface area contributed by atoms with E-state index < -0.39 is 31.1 Å². The number of anilines is 2. The molecule has 5 nitrogen and oxygen atoms in total. The van der Waals surface area contributed by atoms with Crippen molar-refractivity contribution in [3.63, 3.8) is 0 Å². The molecular formula is C28H28F3N2O3P. The quantitative estimate of drug-likeness (QED) is 0.229. The van der Waals surface area contributed by atoms with Crippen LogP contribution in [-0.2, 0) is 26.7 Å². The Kier molecular flexibility index (Phi) is 7.79. The molecular weight excluding hydrogens is 500 g/mol. The monoisotopic (exact) mass is 528 g/mol. The van der Waals surface area contributed by atoms with Crippen LogP contribution in [0.5, 0.6) is 0 Å². The molecule has 1 unspecified atom stereocenters. The molecule has 0 N–H and O–H groups in total. The number of carbonyl (C=O) groups is 1. The maximum Gasteiger partial charge on any atom is 0.416 e. The Morgan fingerprint density at radius 1 is 0.919 bits per heavy atom. The van der Waals surface area contributed by atoms with Crippen LogP contribution in [0.25, 0.3) is 0 Å². The Morgan fingerprint density at radius 2 is 1.41 bits per heavy atom. The second-order valence-corrected chi connectivity index (χ2v) is 11.3. The number of hydrogen-bond donors (Lipinski definition) is 0. The number of benzene rings is 3. The van der Waals surface area contributed by atoms with E-state index in [1.807, 2.05) is 60.7 Å². The predicted octanol–water partition coefficient (Wildman–Crippen LogP) is 7.16. The van der Waals surface area contributed by atoms with Crippen molar-refractivity contribution in [1.29, 1.82) is 0 Å². The molecule has 3 aromatic carbocycles. The summed E-state index contributed by atoms with van der Waals surface area (Å²) in [6, 6.07) is 23.1. The van der Waals surface area contributed by atoms with Crippen LogP contribution in [0.4, 0.5) is 24.5 Å². The number of esters is 1. The maximum absolute atomic E-state index is 15.1. The average Bonchev–Trinajstić information content (AvgIpc) is 3.26. The molecule has 194 valence electrons. The van der Waals surface area contributed by atoms with Crippen LogP contribution in [0.3, 0.4) is 0 Å². The van der Waals surface area contributed by atoms with Crippen molar-refractivity contribution in [1.82, 2.24) is 0 Å². The van der Waals surface area contributed by atoms with Gasteiger partial charge in [0.05, 0.1) is 18.1 Å². The number of rotatable bonds is 8. The van der Waals surface area contributed by atoms with Gasteiger partial charge in [-0.15, -0.1) is 0 Å². The summed E-state index contributed by atoms with van der Waals surface area (Å²) in [4.78, 5) is 13.2. The Balaban J connectivity index is 1.76. The highest BCUT2D eigenvalue weighted by Crippen LogP contribution is 2.67. The molecule has 1 heterocycles. The van der Waals surface area contributed by atoms with Crippen molar-refractivity contribution >= 4 is 24.8 Å². The van der Waals surface area contributed by atoms with E-state index in [0.717, 1.165) is 23.5 Å². The van der Waals surface area contributed by atoms with E-state index in [1.165, 1.54) is 12.1 Å². The summed E-state index contributed by atoms with van der Waals surface area (Å²) in [5.41, 5.74) is 1.15. The fourth-order valence-electron chi connectivity index (χ4n) is 4.52. The number of halogens is 3. The van der Waals surface area contributed by atoms with Crippen LogP contribution in [0.15, 0.2) is 96.8 Å². The molecule has 0 bridgehead atoms. The number of para-hydroxylation sites is 2. The second-order valence-electron chi connectivity index (χ2n) is 8.66. The van der Waals surface area contributed by atoms with E-state index in [1.54, 1.807) is 16.3 Å². The van der Waals surface area contributed by atoms with E-state index in [2.05, 4.69) is 6.58 Å². The molecule has 0 amide bonds. The molecule has 1 aliphatic heterocycles. The molecule has 9 heteroatoms. The van der Waals surface area contributed by atoms with Crippen LogP contribution < -0.4 is 9.34 Å². The molecule has 0 aliphatic carbocycles. The Morgan fingerprint density at radius 3 is 1.84 bits per heavy atom. The zero-order valence-corrected chi connectivity index (χ0v) is 21.3. The Hall–Kier alpha value is -3.51. The van der Waals surface area contributed by atoms with Gasteiger partial charge in [-0.3, -0.25) is 9.36 Å². The Labute approximate surface area is 214 Å². The van der Waals surface area contributed by atoms with Gasteiger partial charge in [-0.25, -0.2) is 0 Å². The predicted molar refractivity (Wildman–Crippen MR) is 140 cm³/mol. The first kappa shape index (κ1) is 26.6. The minimum atomic E-state index is -4.47. The third-order valence-corrected chi connectivity index (χ3v) is 9.59. The highest BCUT2D eigenvalue weighted by molar-refractivity contribution is 7.71. The zero-order valence-electron chi connectivity index (χ0n) is 20.4. The summed E-state index contributed by atoms with van der Waals surface area (Å²) < 4.78 is 63.2. The largest absolute Gasteiger partial charge is 0.466 e. The fraction of sp³-hybridized carbons (Fsp3) is 0.250. The summed E-state index contributed by atoms with van der Waals surface area (Å²) in [7, 11) is -3.64. The summed E-state index contributed by atoms with van der Waals surface area (Å²) >= 11 is 0. The van der Waals surface area contributed by atoms with E-state index in [9.17, 15) is 18.0 Å². The van der Waals surface area contributed by atoms with Gasteiger partial charge in [0.15, 0.2) is 0 Å². The van der Waals surface area contributed by atoms with Crippen LogP contribution in [-0.4, -0.2) is 25.7 Å². The van der Waals surface area contributed by atoms with E-state index in [4.69, 9.17) is 4.74 Å². The molecule has 0 spiro atoms. The molecule has 1 atom stereocenters. The van der Waals surface area contributed by atoms with Gasteiger partial charge in [0.25, 0.3) is 7.44 Å². The standard InChI is InChI=1S/C28H28F3N2O3P/c1-3-36-27(34)26(20-22-14-16-23(17-15-22)28(29,30)31)21(2)37(35)32(24-10-6-4-7-11-24)18-19-33(37)25-12-8-5-9-13-25/h4-17,26H,2-3,18-20H2,1H3. The van der Waals surface area contributed by atoms with Crippen molar-refractivity contribution in [2.45, 2.75) is 19.5 Å². The topological polar surface area (TPSA) is 49.9 Å². The van der Waals surface area contributed by atoms with E-state index in [-0.39, 0.29) is 18.3 Å². The van der Waals surface area contributed by atoms with Gasteiger partial charge in [0.2, 0.25) is 0 Å². The third-order valence-electron chi connectivity index (χ3n) is 6.36. The van der Waals surface area contributed by atoms with Crippen LogP contribution in [0, 0.1) is 5.92 Å². The minimum absolute atomic E-state index is 0.00501. The lowest BCUT2D eigenvalue weighted by atomic mass is 9.98. The highest BCUT2D eigenvalue weighted by Gasteiger charge is 2.49. The number of carbonyl (C=O) groups excluding carboxylic acids is 1. The normalized spacial score (nSPS) is 15.9. The first-order valence-electron chi connectivity index (χ1n) is 11.9. The van der Waals surface area contributed by atoms with Gasteiger partial charge in [-0.05, 0) is 55.3 Å². The molecule has 0 aromatic heterocycles. The highest BCUT2D eigenvalue weighted by atomic mass is 31.2. The van der Waals surface area contributed by atoms with Crippen molar-refractivity contribution in [2.75, 3.05) is 29.0 Å². The number of hydrogen-bond acceptors (Lipinski definition) is 3. The first-order chi connectivity index (χ1) is 17.7. The van der Waals surface area contributed by atoms with E-state index >= 15 is 4.57 Å². The SMILES string of the molecule is C=C(C(Cc1ccc(C(F)(F)F)cc1)C(=O)OCC)P1(=O)N(c2ccccc2)CCN1c1ccccc1. The van der Waals surface area contributed by atoms with Crippen LogP contribution in [0.1, 0.15) is 18.1 Å². The molecule has 0 saturated carbocycles. The first-order valence-corrected chi connectivity index (χ1v) is 13.6. The van der Waals surface area contributed by atoms with Crippen molar-refractivity contribution in [2.24, 2.45) is 5.92 Å². The maximum atomic E-state index is 15.1. The van der Waals surface area contributed by atoms with Gasteiger partial charge >= 0.3 is 12.1 Å². The summed E-state index contributed by atoms with van der Waals surface area (Å²) in [6.45, 7) is 6.83. The summed E-state index contributed by atoms with van der Waals surface area (Å²) in [5.74, 6) is -1.64. The minimum Gasteiger partial charge on any atom is -0.466 e. The van der Waals surface area contributed by atoms with Gasteiger partial charge in [-0.2, -0.15) is 13.2 Å². The van der Waals surface area contributed by atoms with Crippen LogP contribution >= 0.6 is 7.44 Å². The van der Waals surface area contributed by atoms with E-state index in [0.29, 0.717) is 18.7 Å². The van der Waals surface area contributed by atoms with Gasteiger partial charge < -0.3 is 14.1 Å². The van der Waals surface area contributed by atoms with Gasteiger partial charge in [-0.1, -0.05) is 55.1 Å². The van der Waals surface area contributed by atoms with Crippen molar-refractivity contribution < 1.29 is 27.3 Å². The molecule has 1 aliphatic rings. The molecule has 1 saturated heterocycles. The lowest BCUT2D eigenvalue weighted by Gasteiger charge is -2.36. The van der Waals surface area contributed by atoms with Gasteiger partial charge in [0, 0.05) is 29.8 Å². The second kappa shape index (κ2) is 10.9. The lowest BCUT2D eigenvalue weighted by molar-refractivity contribution is -0.146. The molecule has 4 rings (SSSR count). The molecule has 3 aromatic rings. The van der Waals surface area contributed by atoms with Gasteiger partial charge in [0.1, 0.15) is 0 Å². The smallest absolute Gasteiger partial charge is 0.416 e. The van der Waals surface area contributed by atoms with Crippen molar-refractivity contribution in [3.8, 4) is 0 Å². The zero-order chi connectivity index (χ0) is 26.6. The third kappa shape index (κ3) is 5.44.